The molecule has 2 aliphatic rings. The molecule has 0 unspecified atom stereocenters. The van der Waals surface area contributed by atoms with E-state index in [1.165, 1.54) is 19.3 Å². The van der Waals surface area contributed by atoms with Gasteiger partial charge in [0.15, 0.2) is 0 Å². The maximum absolute atomic E-state index is 12.3. The van der Waals surface area contributed by atoms with Crippen LogP contribution in [0.25, 0.3) is 0 Å². The average molecular weight is 296 g/mol. The lowest BCUT2D eigenvalue weighted by Gasteiger charge is -2.48. The normalized spacial score (nSPS) is 33.3. The number of hydrogen-bond donors (Lipinski definition) is 2. The second kappa shape index (κ2) is 6.66. The summed E-state index contributed by atoms with van der Waals surface area (Å²) in [7, 11) is 0. The number of carbonyl (C=O) groups excluding carboxylic acids is 1. The first-order valence-corrected chi connectivity index (χ1v) is 8.51. The molecule has 2 fully saturated rings. The van der Waals surface area contributed by atoms with Crippen LogP contribution in [0, 0.1) is 17.3 Å². The van der Waals surface area contributed by atoms with Crippen LogP contribution in [0.2, 0.25) is 0 Å². The fourth-order valence-corrected chi connectivity index (χ4v) is 4.35. The Kier molecular flexibility index (Phi) is 5.31. The van der Waals surface area contributed by atoms with Gasteiger partial charge in [0.25, 0.3) is 0 Å². The maximum Gasteiger partial charge on any atom is 0.234 e. The number of fused-ring (bicyclic) bond motifs is 2. The number of ether oxygens (including phenoxy) is 1. The molecule has 0 aromatic carbocycles. The molecular weight excluding hydrogens is 264 g/mol. The summed E-state index contributed by atoms with van der Waals surface area (Å²) in [6.45, 7) is 11.7. The number of carbonyl (C=O) groups is 1. The molecule has 122 valence electrons. The number of hydrogen-bond acceptors (Lipinski definition) is 3. The molecule has 4 heteroatoms. The topological polar surface area (TPSA) is 50.4 Å². The first-order chi connectivity index (χ1) is 9.91. The van der Waals surface area contributed by atoms with E-state index in [2.05, 4.69) is 31.4 Å². The standard InChI is InChI=1S/C17H32N2O2/c1-5-21-10-6-9-18-12-15(20)19-17(4)14-8-7-13(11-14)16(17,2)3/h13-14,18H,5-12H2,1-4H3,(H,19,20)/t13-,14+,17-/m0/s1. The molecular formula is C17H32N2O2. The van der Waals surface area contributed by atoms with Gasteiger partial charge in [0.05, 0.1) is 6.54 Å². The van der Waals surface area contributed by atoms with Crippen molar-refractivity contribution < 1.29 is 9.53 Å². The third-order valence-electron chi connectivity index (χ3n) is 6.14. The Morgan fingerprint density at radius 1 is 1.24 bits per heavy atom. The van der Waals surface area contributed by atoms with Crippen LogP contribution in [0.5, 0.6) is 0 Å². The van der Waals surface area contributed by atoms with Gasteiger partial charge >= 0.3 is 0 Å². The van der Waals surface area contributed by atoms with Crippen LogP contribution in [0.1, 0.15) is 53.4 Å². The highest BCUT2D eigenvalue weighted by atomic mass is 16.5. The molecule has 2 saturated carbocycles. The first-order valence-electron chi connectivity index (χ1n) is 8.51. The summed E-state index contributed by atoms with van der Waals surface area (Å²) in [5, 5.41) is 6.56. The zero-order chi connectivity index (χ0) is 15.5. The molecule has 0 saturated heterocycles. The van der Waals surface area contributed by atoms with E-state index < -0.39 is 0 Å². The monoisotopic (exact) mass is 296 g/mol. The van der Waals surface area contributed by atoms with Crippen LogP contribution in [0.4, 0.5) is 0 Å². The molecule has 0 heterocycles. The van der Waals surface area contributed by atoms with Crippen molar-refractivity contribution in [1.29, 1.82) is 0 Å². The zero-order valence-electron chi connectivity index (χ0n) is 14.1. The summed E-state index contributed by atoms with van der Waals surface area (Å²) in [5.74, 6) is 1.56. The van der Waals surface area contributed by atoms with Crippen molar-refractivity contribution in [2.45, 2.75) is 58.9 Å². The van der Waals surface area contributed by atoms with Gasteiger partial charge in [-0.15, -0.1) is 0 Å². The smallest absolute Gasteiger partial charge is 0.234 e. The summed E-state index contributed by atoms with van der Waals surface area (Å²) in [5.41, 5.74) is 0.167. The second-order valence-corrected chi connectivity index (χ2v) is 7.41. The molecule has 2 bridgehead atoms. The van der Waals surface area contributed by atoms with E-state index in [9.17, 15) is 4.79 Å². The van der Waals surface area contributed by atoms with Gasteiger partial charge in [-0.3, -0.25) is 4.79 Å². The van der Waals surface area contributed by atoms with Crippen LogP contribution in [-0.2, 0) is 9.53 Å². The Hall–Kier alpha value is -0.610. The van der Waals surface area contributed by atoms with E-state index in [-0.39, 0.29) is 16.9 Å². The van der Waals surface area contributed by atoms with Crippen LogP contribution in [0.3, 0.4) is 0 Å². The van der Waals surface area contributed by atoms with Gasteiger partial charge in [0, 0.05) is 18.8 Å². The Bertz CT molecular complexity index is 370. The van der Waals surface area contributed by atoms with Gasteiger partial charge in [-0.25, -0.2) is 0 Å². The number of amides is 1. The molecule has 1 amide bonds. The molecule has 0 radical (unpaired) electrons. The summed E-state index contributed by atoms with van der Waals surface area (Å²) in [6, 6.07) is 0. The van der Waals surface area contributed by atoms with E-state index in [1.54, 1.807) is 0 Å². The minimum Gasteiger partial charge on any atom is -0.382 e. The molecule has 0 aliphatic heterocycles. The first kappa shape index (κ1) is 16.8. The lowest BCUT2D eigenvalue weighted by molar-refractivity contribution is -0.124. The van der Waals surface area contributed by atoms with Crippen LogP contribution in [0.15, 0.2) is 0 Å². The van der Waals surface area contributed by atoms with Crippen LogP contribution >= 0.6 is 0 Å². The molecule has 4 nitrogen and oxygen atoms in total. The van der Waals surface area contributed by atoms with E-state index in [0.29, 0.717) is 12.5 Å². The molecule has 21 heavy (non-hydrogen) atoms. The van der Waals surface area contributed by atoms with Crippen molar-refractivity contribution in [2.24, 2.45) is 17.3 Å². The minimum absolute atomic E-state index is 0.0417. The quantitative estimate of drug-likeness (QED) is 0.676. The van der Waals surface area contributed by atoms with Crippen molar-refractivity contribution in [3.8, 4) is 0 Å². The van der Waals surface area contributed by atoms with Gasteiger partial charge in [-0.05, 0) is 63.3 Å². The fraction of sp³-hybridized carbons (Fsp3) is 0.941. The number of nitrogens with one attached hydrogen (secondary N) is 2. The molecule has 2 aliphatic carbocycles. The van der Waals surface area contributed by atoms with Crippen molar-refractivity contribution in [3.63, 3.8) is 0 Å². The molecule has 0 spiro atoms. The summed E-state index contributed by atoms with van der Waals surface area (Å²) in [4.78, 5) is 12.3. The van der Waals surface area contributed by atoms with Crippen molar-refractivity contribution in [2.75, 3.05) is 26.3 Å². The van der Waals surface area contributed by atoms with Crippen molar-refractivity contribution >= 4 is 5.91 Å². The molecule has 2 rings (SSSR count). The summed E-state index contributed by atoms with van der Waals surface area (Å²) in [6.07, 6.45) is 4.84. The SMILES string of the molecule is CCOCCCNCC(=O)N[C@@]1(C)[C@@H]2CC[C@@H](C2)C1(C)C. The Morgan fingerprint density at radius 2 is 1.95 bits per heavy atom. The third-order valence-corrected chi connectivity index (χ3v) is 6.14. The third kappa shape index (κ3) is 3.26. The predicted octanol–water partition coefficient (Wildman–Crippen LogP) is 2.33. The highest BCUT2D eigenvalue weighted by Crippen LogP contribution is 2.61. The number of rotatable bonds is 8. The molecule has 0 aromatic heterocycles. The van der Waals surface area contributed by atoms with Gasteiger partial charge < -0.3 is 15.4 Å². The van der Waals surface area contributed by atoms with Crippen molar-refractivity contribution in [1.82, 2.24) is 10.6 Å². The summed E-state index contributed by atoms with van der Waals surface area (Å²) < 4.78 is 5.28. The second-order valence-electron chi connectivity index (χ2n) is 7.41. The van der Waals surface area contributed by atoms with Crippen LogP contribution < -0.4 is 10.6 Å². The van der Waals surface area contributed by atoms with Gasteiger partial charge in [0.2, 0.25) is 5.91 Å². The highest BCUT2D eigenvalue weighted by Gasteiger charge is 2.60. The van der Waals surface area contributed by atoms with E-state index in [4.69, 9.17) is 4.74 Å². The minimum atomic E-state index is -0.0417. The predicted molar refractivity (Wildman–Crippen MR) is 85.1 cm³/mol. The average Bonchev–Trinajstić information content (AvgIpc) is 2.97. The molecule has 3 atom stereocenters. The van der Waals surface area contributed by atoms with E-state index in [0.717, 1.165) is 32.1 Å². The lowest BCUT2D eigenvalue weighted by atomic mass is 9.64. The van der Waals surface area contributed by atoms with Crippen molar-refractivity contribution in [3.05, 3.63) is 0 Å². The lowest BCUT2D eigenvalue weighted by Crippen LogP contribution is -2.60. The highest BCUT2D eigenvalue weighted by molar-refractivity contribution is 5.79. The molecule has 2 N–H and O–H groups in total. The van der Waals surface area contributed by atoms with Crippen LogP contribution in [-0.4, -0.2) is 37.7 Å². The van der Waals surface area contributed by atoms with Gasteiger partial charge in [-0.1, -0.05) is 13.8 Å². The van der Waals surface area contributed by atoms with E-state index in [1.807, 2.05) is 6.92 Å². The Morgan fingerprint density at radius 3 is 2.57 bits per heavy atom. The Labute approximate surface area is 129 Å². The zero-order valence-corrected chi connectivity index (χ0v) is 14.1. The molecule has 0 aromatic rings. The Balaban J connectivity index is 1.75. The van der Waals surface area contributed by atoms with E-state index >= 15 is 0 Å². The fourth-order valence-electron chi connectivity index (χ4n) is 4.35. The van der Waals surface area contributed by atoms with Gasteiger partial charge in [0.1, 0.15) is 0 Å². The van der Waals surface area contributed by atoms with Gasteiger partial charge in [-0.2, -0.15) is 0 Å². The largest absolute Gasteiger partial charge is 0.382 e. The summed E-state index contributed by atoms with van der Waals surface area (Å²) >= 11 is 0. The maximum atomic E-state index is 12.3.